The number of nitrogens with one attached hydrogen (secondary N) is 1. The molecule has 0 fully saturated rings. The minimum absolute atomic E-state index is 0.446. The maximum absolute atomic E-state index is 9.25. The highest BCUT2D eigenvalue weighted by molar-refractivity contribution is 14.1. The summed E-state index contributed by atoms with van der Waals surface area (Å²) in [6.07, 6.45) is 1.68. The summed E-state index contributed by atoms with van der Waals surface area (Å²) in [5.74, 6) is 1.19. The molecule has 0 aliphatic heterocycles. The Bertz CT molecular complexity index is 774. The van der Waals surface area contributed by atoms with E-state index < -0.39 is 0 Å². The fourth-order valence-electron chi connectivity index (χ4n) is 1.78. The summed E-state index contributed by atoms with van der Waals surface area (Å²) < 4.78 is 6.21. The van der Waals surface area contributed by atoms with Crippen LogP contribution in [0.25, 0.3) is 22.7 Å². The Morgan fingerprint density at radius 1 is 1.32 bits per heavy atom. The number of nitriles is 1. The van der Waals surface area contributed by atoms with Gasteiger partial charge in [-0.15, -0.1) is 0 Å². The van der Waals surface area contributed by atoms with Gasteiger partial charge in [-0.05, 0) is 46.9 Å². The lowest BCUT2D eigenvalue weighted by atomic mass is 10.2. The predicted octanol–water partition coefficient (Wildman–Crippen LogP) is 3.82. The lowest BCUT2D eigenvalue weighted by Gasteiger charge is -1.91. The van der Waals surface area contributed by atoms with E-state index in [9.17, 15) is 5.26 Å². The van der Waals surface area contributed by atoms with Gasteiger partial charge in [0.1, 0.15) is 17.7 Å². The molecule has 4 nitrogen and oxygen atoms in total. The van der Waals surface area contributed by atoms with Gasteiger partial charge in [0.15, 0.2) is 3.77 Å². The number of hydrogen-bond acceptors (Lipinski definition) is 3. The second kappa shape index (κ2) is 4.90. The van der Waals surface area contributed by atoms with Crippen molar-refractivity contribution in [3.05, 3.63) is 51.7 Å². The molecule has 1 N–H and O–H groups in total. The van der Waals surface area contributed by atoms with E-state index in [2.05, 4.69) is 38.6 Å². The molecule has 0 bridgehead atoms. The molecule has 0 aliphatic carbocycles. The van der Waals surface area contributed by atoms with E-state index in [0.717, 1.165) is 14.8 Å². The van der Waals surface area contributed by atoms with E-state index in [1.807, 2.05) is 36.4 Å². The molecule has 0 amide bonds. The van der Waals surface area contributed by atoms with Crippen molar-refractivity contribution in [2.24, 2.45) is 0 Å². The highest BCUT2D eigenvalue weighted by Gasteiger charge is 2.08. The summed E-state index contributed by atoms with van der Waals surface area (Å²) >= 11 is 2.08. The van der Waals surface area contributed by atoms with Crippen molar-refractivity contribution < 1.29 is 4.42 Å². The fourth-order valence-corrected chi connectivity index (χ4v) is 2.22. The van der Waals surface area contributed by atoms with Gasteiger partial charge in [-0.25, -0.2) is 4.98 Å². The Morgan fingerprint density at radius 2 is 2.16 bits per heavy atom. The summed E-state index contributed by atoms with van der Waals surface area (Å²) in [6, 6.07) is 13.5. The van der Waals surface area contributed by atoms with E-state index in [0.29, 0.717) is 17.2 Å². The molecule has 1 aromatic carbocycles. The Balaban J connectivity index is 2.07. The van der Waals surface area contributed by atoms with Gasteiger partial charge in [-0.2, -0.15) is 5.26 Å². The topological polar surface area (TPSA) is 65.6 Å². The summed E-state index contributed by atoms with van der Waals surface area (Å²) in [4.78, 5) is 7.53. The van der Waals surface area contributed by atoms with Crippen LogP contribution in [-0.4, -0.2) is 9.97 Å². The van der Waals surface area contributed by atoms with Gasteiger partial charge in [-0.3, -0.25) is 0 Å². The van der Waals surface area contributed by atoms with Crippen molar-refractivity contribution in [3.63, 3.8) is 0 Å². The monoisotopic (exact) mass is 361 g/mol. The molecule has 0 radical (unpaired) electrons. The summed E-state index contributed by atoms with van der Waals surface area (Å²) in [5, 5.41) is 9.25. The van der Waals surface area contributed by atoms with Gasteiger partial charge in [0, 0.05) is 6.08 Å². The van der Waals surface area contributed by atoms with E-state index in [-0.39, 0.29) is 0 Å². The van der Waals surface area contributed by atoms with E-state index >= 15 is 0 Å². The summed E-state index contributed by atoms with van der Waals surface area (Å²) in [5.41, 5.74) is 2.20. The molecular formula is C14H8IN3O. The van der Waals surface area contributed by atoms with Gasteiger partial charge >= 0.3 is 0 Å². The Labute approximate surface area is 122 Å². The van der Waals surface area contributed by atoms with Crippen LogP contribution in [0.2, 0.25) is 0 Å². The first kappa shape index (κ1) is 12.0. The number of benzene rings is 1. The molecule has 0 spiro atoms. The SMILES string of the molecule is N#CC(=Cc1ccc(I)o1)c1nc2ccccc2[nH]1. The number of para-hydroxylation sites is 2. The number of halogens is 1. The van der Waals surface area contributed by atoms with Gasteiger partial charge in [-0.1, -0.05) is 12.1 Å². The minimum atomic E-state index is 0.446. The van der Waals surface area contributed by atoms with Crippen LogP contribution < -0.4 is 0 Å². The van der Waals surface area contributed by atoms with Gasteiger partial charge < -0.3 is 9.40 Å². The lowest BCUT2D eigenvalue weighted by Crippen LogP contribution is -1.84. The van der Waals surface area contributed by atoms with Crippen molar-refractivity contribution in [1.82, 2.24) is 9.97 Å². The number of hydrogen-bond donors (Lipinski definition) is 1. The van der Waals surface area contributed by atoms with Gasteiger partial charge in [0.2, 0.25) is 0 Å². The Hall–Kier alpha value is -2.07. The molecule has 0 atom stereocenters. The predicted molar refractivity (Wildman–Crippen MR) is 81.0 cm³/mol. The average molecular weight is 361 g/mol. The highest BCUT2D eigenvalue weighted by atomic mass is 127. The zero-order chi connectivity index (χ0) is 13.2. The fraction of sp³-hybridized carbons (Fsp3) is 0. The third-order valence-electron chi connectivity index (χ3n) is 2.65. The number of furan rings is 1. The standard InChI is InChI=1S/C14H8IN3O/c15-13-6-5-10(19-13)7-9(8-16)14-17-11-3-1-2-4-12(11)18-14/h1-7H,(H,17,18). The maximum atomic E-state index is 9.25. The number of allylic oxidation sites excluding steroid dienone is 1. The number of aromatic amines is 1. The van der Waals surface area contributed by atoms with Crippen LogP contribution in [0.3, 0.4) is 0 Å². The van der Waals surface area contributed by atoms with Gasteiger partial charge in [0.05, 0.1) is 16.6 Å². The molecule has 2 heterocycles. The number of H-pyrrole nitrogens is 1. The van der Waals surface area contributed by atoms with E-state index in [1.165, 1.54) is 0 Å². The van der Waals surface area contributed by atoms with Crippen LogP contribution in [0.1, 0.15) is 11.6 Å². The molecule has 5 heteroatoms. The molecule has 3 aromatic rings. The van der Waals surface area contributed by atoms with Crippen molar-refractivity contribution in [3.8, 4) is 6.07 Å². The smallest absolute Gasteiger partial charge is 0.164 e. The van der Waals surface area contributed by atoms with Crippen molar-refractivity contribution in [1.29, 1.82) is 5.26 Å². The molecule has 3 rings (SSSR count). The van der Waals surface area contributed by atoms with Crippen LogP contribution in [0.15, 0.2) is 40.8 Å². The molecule has 2 aromatic heterocycles. The second-order valence-corrected chi connectivity index (χ2v) is 4.98. The third-order valence-corrected chi connectivity index (χ3v) is 3.23. The summed E-state index contributed by atoms with van der Waals surface area (Å²) in [6.45, 7) is 0. The van der Waals surface area contributed by atoms with E-state index in [4.69, 9.17) is 4.42 Å². The summed E-state index contributed by atoms with van der Waals surface area (Å²) in [7, 11) is 0. The molecular weight excluding hydrogens is 353 g/mol. The Morgan fingerprint density at radius 3 is 2.84 bits per heavy atom. The molecule has 92 valence electrons. The molecule has 0 unspecified atom stereocenters. The zero-order valence-electron chi connectivity index (χ0n) is 9.72. The first-order valence-corrected chi connectivity index (χ1v) is 6.66. The number of imidazole rings is 1. The quantitative estimate of drug-likeness (QED) is 0.557. The van der Waals surface area contributed by atoms with E-state index in [1.54, 1.807) is 6.08 Å². The van der Waals surface area contributed by atoms with Crippen LogP contribution >= 0.6 is 22.6 Å². The first-order chi connectivity index (χ1) is 9.26. The van der Waals surface area contributed by atoms with Crippen molar-refractivity contribution in [2.45, 2.75) is 0 Å². The number of rotatable bonds is 2. The molecule has 0 saturated heterocycles. The normalized spacial score (nSPS) is 11.7. The number of aromatic nitrogens is 2. The van der Waals surface area contributed by atoms with Crippen molar-refractivity contribution >= 4 is 45.3 Å². The molecule has 0 saturated carbocycles. The Kier molecular flexibility index (Phi) is 3.09. The number of fused-ring (bicyclic) bond motifs is 1. The maximum Gasteiger partial charge on any atom is 0.164 e. The third kappa shape index (κ3) is 2.39. The van der Waals surface area contributed by atoms with Crippen LogP contribution in [0.4, 0.5) is 0 Å². The molecule has 0 aliphatic rings. The first-order valence-electron chi connectivity index (χ1n) is 5.58. The van der Waals surface area contributed by atoms with Crippen LogP contribution in [-0.2, 0) is 0 Å². The molecule has 19 heavy (non-hydrogen) atoms. The number of nitrogens with zero attached hydrogens (tertiary/aromatic N) is 2. The van der Waals surface area contributed by atoms with Gasteiger partial charge in [0.25, 0.3) is 0 Å². The zero-order valence-corrected chi connectivity index (χ0v) is 11.9. The lowest BCUT2D eigenvalue weighted by molar-refractivity contribution is 0.528. The van der Waals surface area contributed by atoms with Crippen LogP contribution in [0.5, 0.6) is 0 Å². The largest absolute Gasteiger partial charge is 0.451 e. The van der Waals surface area contributed by atoms with Crippen LogP contribution in [0, 0.1) is 15.1 Å². The highest BCUT2D eigenvalue weighted by Crippen LogP contribution is 2.20. The van der Waals surface area contributed by atoms with Crippen molar-refractivity contribution in [2.75, 3.05) is 0 Å². The second-order valence-electron chi connectivity index (χ2n) is 3.91. The average Bonchev–Trinajstić information content (AvgIpc) is 3.01. The minimum Gasteiger partial charge on any atom is -0.451 e.